The average Bonchev–Trinajstić information content (AvgIpc) is 2.92. The number of halogens is 1. The molecule has 0 saturated carbocycles. The summed E-state index contributed by atoms with van der Waals surface area (Å²) in [7, 11) is 0. The molecule has 0 atom stereocenters. The van der Waals surface area contributed by atoms with Gasteiger partial charge in [0.25, 0.3) is 0 Å². The number of hydrogen-bond donors (Lipinski definition) is 2. The minimum Gasteiger partial charge on any atom is -0.354 e. The van der Waals surface area contributed by atoms with Gasteiger partial charge in [-0.2, -0.15) is 0 Å². The summed E-state index contributed by atoms with van der Waals surface area (Å²) in [5.41, 5.74) is 1.09. The molecule has 0 spiro atoms. The van der Waals surface area contributed by atoms with Gasteiger partial charge < -0.3 is 10.6 Å². The maximum absolute atomic E-state index is 4.34. The monoisotopic (exact) mass is 295 g/mol. The molecule has 0 unspecified atom stereocenters. The molecule has 3 rings (SSSR count). The van der Waals surface area contributed by atoms with Gasteiger partial charge in [-0.3, -0.25) is 4.99 Å². The van der Waals surface area contributed by atoms with E-state index in [1.165, 1.54) is 10.1 Å². The Balaban J connectivity index is 2.06. The highest BCUT2D eigenvalue weighted by Gasteiger charge is 2.10. The first-order valence-corrected chi connectivity index (χ1v) is 6.73. The van der Waals surface area contributed by atoms with Crippen LogP contribution in [0.3, 0.4) is 0 Å². The number of nitrogens with one attached hydrogen (secondary N) is 2. The predicted molar refractivity (Wildman–Crippen MR) is 73.5 cm³/mol. The Morgan fingerprint density at radius 1 is 1.38 bits per heavy atom. The van der Waals surface area contributed by atoms with E-state index < -0.39 is 0 Å². The van der Waals surface area contributed by atoms with Crippen molar-refractivity contribution in [3.8, 4) is 0 Å². The molecule has 2 heterocycles. The molecule has 2 N–H and O–H groups in total. The van der Waals surface area contributed by atoms with Crippen LogP contribution in [0.2, 0.25) is 0 Å². The summed E-state index contributed by atoms with van der Waals surface area (Å²) in [6.07, 6.45) is 0. The quantitative estimate of drug-likeness (QED) is 0.848. The standard InChI is InChI=1S/C11H10BrN3S/c12-8-1-2-9-7(3-6-16-9)10(8)15-11-13-4-5-14-11/h1-3,6H,4-5H2,(H2,13,14,15). The van der Waals surface area contributed by atoms with E-state index >= 15 is 0 Å². The SMILES string of the molecule is Brc1ccc2sccc2c1NC1=NCCN1. The van der Waals surface area contributed by atoms with E-state index in [-0.39, 0.29) is 0 Å². The zero-order valence-corrected chi connectivity index (χ0v) is 10.9. The molecule has 0 fully saturated rings. The van der Waals surface area contributed by atoms with Gasteiger partial charge in [0.05, 0.1) is 12.2 Å². The Hall–Kier alpha value is -1.07. The third kappa shape index (κ3) is 1.70. The minimum atomic E-state index is 0.847. The van der Waals surface area contributed by atoms with Crippen molar-refractivity contribution in [2.75, 3.05) is 18.4 Å². The van der Waals surface area contributed by atoms with Crippen LogP contribution in [0.5, 0.6) is 0 Å². The minimum absolute atomic E-state index is 0.847. The number of hydrogen-bond acceptors (Lipinski definition) is 4. The highest BCUT2D eigenvalue weighted by atomic mass is 79.9. The van der Waals surface area contributed by atoms with E-state index in [9.17, 15) is 0 Å². The van der Waals surface area contributed by atoms with Crippen LogP contribution in [0.1, 0.15) is 0 Å². The number of aliphatic imine (C=N–C) groups is 1. The maximum Gasteiger partial charge on any atom is 0.195 e. The third-order valence-electron chi connectivity index (χ3n) is 2.50. The predicted octanol–water partition coefficient (Wildman–Crippen LogP) is 3.03. The van der Waals surface area contributed by atoms with Gasteiger partial charge in [0.15, 0.2) is 5.96 Å². The first-order chi connectivity index (χ1) is 7.84. The van der Waals surface area contributed by atoms with E-state index in [1.807, 2.05) is 0 Å². The summed E-state index contributed by atoms with van der Waals surface area (Å²) in [5, 5.41) is 9.88. The maximum atomic E-state index is 4.34. The molecule has 0 saturated heterocycles. The van der Waals surface area contributed by atoms with Crippen molar-refractivity contribution in [2.24, 2.45) is 4.99 Å². The Bertz CT molecular complexity index is 561. The van der Waals surface area contributed by atoms with Crippen molar-refractivity contribution in [1.29, 1.82) is 0 Å². The van der Waals surface area contributed by atoms with Gasteiger partial charge in [-0.05, 0) is 39.5 Å². The van der Waals surface area contributed by atoms with Crippen molar-refractivity contribution in [2.45, 2.75) is 0 Å². The molecule has 1 aromatic carbocycles. The average molecular weight is 296 g/mol. The van der Waals surface area contributed by atoms with Crippen LogP contribution in [0.15, 0.2) is 33.0 Å². The molecule has 0 bridgehead atoms. The summed E-state index contributed by atoms with van der Waals surface area (Å²) in [4.78, 5) is 4.34. The number of rotatable bonds is 1. The summed E-state index contributed by atoms with van der Waals surface area (Å²) < 4.78 is 2.35. The Kier molecular flexibility index (Phi) is 2.57. The summed E-state index contributed by atoms with van der Waals surface area (Å²) in [6.45, 7) is 1.76. The second kappa shape index (κ2) is 4.07. The van der Waals surface area contributed by atoms with Crippen molar-refractivity contribution in [3.63, 3.8) is 0 Å². The lowest BCUT2D eigenvalue weighted by Crippen LogP contribution is -2.26. The lowest BCUT2D eigenvalue weighted by atomic mass is 10.2. The summed E-state index contributed by atoms with van der Waals surface area (Å²) in [5.74, 6) is 0.861. The highest BCUT2D eigenvalue weighted by molar-refractivity contribution is 9.10. The lowest BCUT2D eigenvalue weighted by molar-refractivity contribution is 0.959. The van der Waals surface area contributed by atoms with E-state index in [1.54, 1.807) is 11.3 Å². The second-order valence-electron chi connectivity index (χ2n) is 3.54. The van der Waals surface area contributed by atoms with Gasteiger partial charge in [0.2, 0.25) is 0 Å². The van der Waals surface area contributed by atoms with E-state index in [2.05, 4.69) is 55.1 Å². The molecule has 1 aliphatic rings. The van der Waals surface area contributed by atoms with Gasteiger partial charge in [-0.15, -0.1) is 11.3 Å². The van der Waals surface area contributed by atoms with Crippen LogP contribution in [0.4, 0.5) is 5.69 Å². The molecule has 0 aliphatic carbocycles. The number of guanidine groups is 1. The molecular weight excluding hydrogens is 286 g/mol. The van der Waals surface area contributed by atoms with Gasteiger partial charge in [0, 0.05) is 21.1 Å². The molecule has 0 amide bonds. The molecule has 16 heavy (non-hydrogen) atoms. The van der Waals surface area contributed by atoms with Crippen molar-refractivity contribution in [3.05, 3.63) is 28.1 Å². The normalized spacial score (nSPS) is 14.9. The number of nitrogens with zero attached hydrogens (tertiary/aromatic N) is 1. The Labute approximate surface area is 106 Å². The second-order valence-corrected chi connectivity index (χ2v) is 5.34. The van der Waals surface area contributed by atoms with Crippen molar-refractivity contribution >= 4 is 49.0 Å². The molecule has 82 valence electrons. The molecule has 2 aromatic rings. The van der Waals surface area contributed by atoms with E-state index in [4.69, 9.17) is 0 Å². The number of thiophene rings is 1. The number of fused-ring (bicyclic) bond motifs is 1. The first kappa shape index (κ1) is 10.1. The molecular formula is C11H10BrN3S. The van der Waals surface area contributed by atoms with Gasteiger partial charge in [0.1, 0.15) is 0 Å². The first-order valence-electron chi connectivity index (χ1n) is 5.05. The Morgan fingerprint density at radius 3 is 3.12 bits per heavy atom. The lowest BCUT2D eigenvalue weighted by Gasteiger charge is -2.10. The molecule has 3 nitrogen and oxygen atoms in total. The van der Waals surface area contributed by atoms with E-state index in [0.29, 0.717) is 0 Å². The van der Waals surface area contributed by atoms with Gasteiger partial charge in [-0.1, -0.05) is 0 Å². The van der Waals surface area contributed by atoms with E-state index in [0.717, 1.165) is 29.2 Å². The third-order valence-corrected chi connectivity index (χ3v) is 4.04. The van der Waals surface area contributed by atoms with Gasteiger partial charge >= 0.3 is 0 Å². The van der Waals surface area contributed by atoms with Gasteiger partial charge in [-0.25, -0.2) is 0 Å². The summed E-state index contributed by atoms with van der Waals surface area (Å²) >= 11 is 5.32. The fraction of sp³-hybridized carbons (Fsp3) is 0.182. The molecule has 0 radical (unpaired) electrons. The fourth-order valence-corrected chi connectivity index (χ4v) is 2.98. The van der Waals surface area contributed by atoms with Crippen molar-refractivity contribution < 1.29 is 0 Å². The highest BCUT2D eigenvalue weighted by Crippen LogP contribution is 2.34. The number of benzene rings is 1. The van der Waals surface area contributed by atoms with Crippen LogP contribution in [-0.2, 0) is 0 Å². The van der Waals surface area contributed by atoms with Crippen LogP contribution in [0.25, 0.3) is 10.1 Å². The number of anilines is 1. The van der Waals surface area contributed by atoms with Crippen LogP contribution in [-0.4, -0.2) is 19.0 Å². The molecule has 1 aromatic heterocycles. The smallest absolute Gasteiger partial charge is 0.195 e. The van der Waals surface area contributed by atoms with Crippen LogP contribution >= 0.6 is 27.3 Å². The van der Waals surface area contributed by atoms with Crippen LogP contribution in [0, 0.1) is 0 Å². The zero-order valence-electron chi connectivity index (χ0n) is 8.46. The Morgan fingerprint density at radius 2 is 2.31 bits per heavy atom. The largest absolute Gasteiger partial charge is 0.354 e. The van der Waals surface area contributed by atoms with Crippen LogP contribution < -0.4 is 10.6 Å². The molecule has 1 aliphatic heterocycles. The fourth-order valence-electron chi connectivity index (χ4n) is 1.74. The summed E-state index contributed by atoms with van der Waals surface area (Å²) in [6, 6.07) is 6.32. The van der Waals surface area contributed by atoms with Crippen molar-refractivity contribution in [1.82, 2.24) is 5.32 Å². The zero-order chi connectivity index (χ0) is 11.0. The topological polar surface area (TPSA) is 36.4 Å². The molecule has 5 heteroatoms.